The molecule has 1 aliphatic carbocycles. The van der Waals surface area contributed by atoms with Gasteiger partial charge in [0.05, 0.1) is 5.69 Å². The average Bonchev–Trinajstić information content (AvgIpc) is 3.19. The van der Waals surface area contributed by atoms with Crippen molar-refractivity contribution in [2.24, 2.45) is 0 Å². The Morgan fingerprint density at radius 2 is 2.09 bits per heavy atom. The Bertz CT molecular complexity index is 898. The van der Waals surface area contributed by atoms with E-state index in [-0.39, 0.29) is 5.69 Å². The van der Waals surface area contributed by atoms with Gasteiger partial charge in [-0.1, -0.05) is 18.2 Å². The van der Waals surface area contributed by atoms with E-state index in [4.69, 9.17) is 0 Å². The lowest BCUT2D eigenvalue weighted by Gasteiger charge is -2.12. The second-order valence-corrected chi connectivity index (χ2v) is 5.87. The third-order valence-electron chi connectivity index (χ3n) is 4.41. The van der Waals surface area contributed by atoms with Crippen LogP contribution >= 0.6 is 0 Å². The van der Waals surface area contributed by atoms with Crippen LogP contribution in [0.1, 0.15) is 33.6 Å². The molecule has 0 aliphatic heterocycles. The summed E-state index contributed by atoms with van der Waals surface area (Å²) in [5.74, 6) is -0.968. The number of aromatic carboxylic acids is 1. The predicted molar refractivity (Wildman–Crippen MR) is 87.9 cm³/mol. The first-order valence-corrected chi connectivity index (χ1v) is 7.76. The minimum atomic E-state index is -0.968. The van der Waals surface area contributed by atoms with Crippen LogP contribution in [0.3, 0.4) is 0 Å². The number of carboxylic acid groups (broad SMARTS) is 1. The van der Waals surface area contributed by atoms with Gasteiger partial charge in [0, 0.05) is 18.9 Å². The molecule has 3 aromatic rings. The number of anilines is 1. The first-order valence-electron chi connectivity index (χ1n) is 7.76. The number of imidazole rings is 1. The Labute approximate surface area is 133 Å². The van der Waals surface area contributed by atoms with Gasteiger partial charge in [-0.2, -0.15) is 0 Å². The van der Waals surface area contributed by atoms with Crippen molar-refractivity contribution < 1.29 is 9.90 Å². The van der Waals surface area contributed by atoms with E-state index in [9.17, 15) is 9.90 Å². The quantitative estimate of drug-likeness (QED) is 0.777. The van der Waals surface area contributed by atoms with Crippen molar-refractivity contribution in [1.29, 1.82) is 0 Å². The highest BCUT2D eigenvalue weighted by Crippen LogP contribution is 2.24. The molecule has 0 spiro atoms. The van der Waals surface area contributed by atoms with E-state index in [2.05, 4.69) is 28.5 Å². The van der Waals surface area contributed by atoms with Gasteiger partial charge in [-0.05, 0) is 48.1 Å². The number of rotatable bonds is 4. The topological polar surface area (TPSA) is 66.6 Å². The van der Waals surface area contributed by atoms with Gasteiger partial charge in [-0.3, -0.25) is 4.40 Å². The van der Waals surface area contributed by atoms with Gasteiger partial charge in [0.15, 0.2) is 5.69 Å². The summed E-state index contributed by atoms with van der Waals surface area (Å²) in [6.07, 6.45) is 6.81. The van der Waals surface area contributed by atoms with Crippen molar-refractivity contribution in [2.75, 3.05) is 5.32 Å². The third kappa shape index (κ3) is 2.44. The Morgan fingerprint density at radius 3 is 2.96 bits per heavy atom. The normalized spacial score (nSPS) is 13.2. The summed E-state index contributed by atoms with van der Waals surface area (Å²) in [6.45, 7) is 0.605. The second-order valence-electron chi connectivity index (χ2n) is 5.87. The number of pyridine rings is 1. The van der Waals surface area contributed by atoms with E-state index in [1.165, 1.54) is 29.5 Å². The molecular formula is C18H17N3O2. The number of carboxylic acids is 1. The first kappa shape index (κ1) is 13.8. The molecule has 5 heteroatoms. The molecule has 0 saturated carbocycles. The fourth-order valence-electron chi connectivity index (χ4n) is 3.29. The van der Waals surface area contributed by atoms with Crippen molar-refractivity contribution in [1.82, 2.24) is 9.38 Å². The summed E-state index contributed by atoms with van der Waals surface area (Å²) in [4.78, 5) is 15.7. The highest BCUT2D eigenvalue weighted by molar-refractivity contribution is 5.93. The minimum Gasteiger partial charge on any atom is -0.476 e. The van der Waals surface area contributed by atoms with E-state index < -0.39 is 5.97 Å². The van der Waals surface area contributed by atoms with Crippen LogP contribution in [0, 0.1) is 0 Å². The van der Waals surface area contributed by atoms with Gasteiger partial charge in [0.2, 0.25) is 0 Å². The van der Waals surface area contributed by atoms with Crippen LogP contribution in [0.15, 0.2) is 42.7 Å². The zero-order chi connectivity index (χ0) is 15.8. The lowest BCUT2D eigenvalue weighted by atomic mass is 10.1. The molecule has 2 heterocycles. The zero-order valence-electron chi connectivity index (χ0n) is 12.6. The maximum atomic E-state index is 11.6. The van der Waals surface area contributed by atoms with E-state index in [0.29, 0.717) is 17.9 Å². The lowest BCUT2D eigenvalue weighted by molar-refractivity contribution is 0.0690. The number of hydrogen-bond acceptors (Lipinski definition) is 3. The Morgan fingerprint density at radius 1 is 1.22 bits per heavy atom. The number of aromatic nitrogens is 2. The van der Waals surface area contributed by atoms with Crippen LogP contribution in [0.4, 0.5) is 5.69 Å². The molecule has 2 N–H and O–H groups in total. The van der Waals surface area contributed by atoms with Gasteiger partial charge in [-0.15, -0.1) is 0 Å². The third-order valence-corrected chi connectivity index (χ3v) is 4.41. The molecule has 0 amide bonds. The van der Waals surface area contributed by atoms with Crippen LogP contribution < -0.4 is 5.32 Å². The molecule has 23 heavy (non-hydrogen) atoms. The van der Waals surface area contributed by atoms with Crippen LogP contribution in [-0.2, 0) is 19.4 Å². The SMILES string of the molecule is O=C(O)c1c(NCc2ccc3c(c2)CCC3)ccc2nccn12. The molecule has 0 atom stereocenters. The number of fused-ring (bicyclic) bond motifs is 2. The molecule has 1 aliphatic rings. The fraction of sp³-hybridized carbons (Fsp3) is 0.222. The van der Waals surface area contributed by atoms with E-state index >= 15 is 0 Å². The van der Waals surface area contributed by atoms with E-state index in [0.717, 1.165) is 6.42 Å². The summed E-state index contributed by atoms with van der Waals surface area (Å²) >= 11 is 0. The molecule has 0 unspecified atom stereocenters. The van der Waals surface area contributed by atoms with Gasteiger partial charge < -0.3 is 10.4 Å². The summed E-state index contributed by atoms with van der Waals surface area (Å²) < 4.78 is 1.59. The molecule has 0 radical (unpaired) electrons. The standard InChI is InChI=1S/C18H17N3O2/c22-18(23)17-15(6-7-16-19-8-9-21(16)17)20-11-12-4-5-13-2-1-3-14(13)10-12/h4-10,20H,1-3,11H2,(H,22,23). The van der Waals surface area contributed by atoms with Crippen molar-refractivity contribution in [3.8, 4) is 0 Å². The van der Waals surface area contributed by atoms with E-state index in [1.807, 2.05) is 6.07 Å². The summed E-state index contributed by atoms with van der Waals surface area (Å²) in [7, 11) is 0. The molecular weight excluding hydrogens is 290 g/mol. The number of benzene rings is 1. The van der Waals surface area contributed by atoms with E-state index in [1.54, 1.807) is 22.9 Å². The second kappa shape index (κ2) is 5.43. The van der Waals surface area contributed by atoms with Gasteiger partial charge in [-0.25, -0.2) is 9.78 Å². The van der Waals surface area contributed by atoms with Crippen molar-refractivity contribution in [3.05, 3.63) is 65.1 Å². The van der Waals surface area contributed by atoms with Crippen molar-refractivity contribution in [2.45, 2.75) is 25.8 Å². The smallest absolute Gasteiger partial charge is 0.355 e. The maximum absolute atomic E-state index is 11.6. The monoisotopic (exact) mass is 307 g/mol. The first-order chi connectivity index (χ1) is 11.2. The molecule has 4 rings (SSSR count). The Hall–Kier alpha value is -2.82. The number of hydrogen-bond donors (Lipinski definition) is 2. The highest BCUT2D eigenvalue weighted by atomic mass is 16.4. The molecule has 0 saturated heterocycles. The molecule has 0 fully saturated rings. The highest BCUT2D eigenvalue weighted by Gasteiger charge is 2.15. The van der Waals surface area contributed by atoms with Crippen molar-refractivity contribution in [3.63, 3.8) is 0 Å². The Balaban J connectivity index is 1.62. The maximum Gasteiger partial charge on any atom is 0.355 e. The summed E-state index contributed by atoms with van der Waals surface area (Å²) in [5, 5.41) is 12.8. The van der Waals surface area contributed by atoms with Crippen LogP contribution in [0.2, 0.25) is 0 Å². The van der Waals surface area contributed by atoms with Crippen LogP contribution in [0.5, 0.6) is 0 Å². The zero-order valence-corrected chi connectivity index (χ0v) is 12.6. The lowest BCUT2D eigenvalue weighted by Crippen LogP contribution is -2.11. The summed E-state index contributed by atoms with van der Waals surface area (Å²) in [6, 6.07) is 10.1. The van der Waals surface area contributed by atoms with Gasteiger partial charge >= 0.3 is 5.97 Å². The molecule has 0 bridgehead atoms. The number of nitrogens with one attached hydrogen (secondary N) is 1. The molecule has 116 valence electrons. The number of aryl methyl sites for hydroxylation is 2. The van der Waals surface area contributed by atoms with Crippen molar-refractivity contribution >= 4 is 17.3 Å². The predicted octanol–water partition coefficient (Wildman–Crippen LogP) is 3.13. The Kier molecular flexibility index (Phi) is 3.26. The molecule has 1 aromatic carbocycles. The minimum absolute atomic E-state index is 0.209. The van der Waals surface area contributed by atoms with Gasteiger partial charge in [0.1, 0.15) is 5.65 Å². The van der Waals surface area contributed by atoms with Crippen LogP contribution in [-0.4, -0.2) is 20.5 Å². The number of nitrogens with zero attached hydrogens (tertiary/aromatic N) is 2. The average molecular weight is 307 g/mol. The van der Waals surface area contributed by atoms with Crippen LogP contribution in [0.25, 0.3) is 5.65 Å². The fourth-order valence-corrected chi connectivity index (χ4v) is 3.29. The molecule has 2 aromatic heterocycles. The van der Waals surface area contributed by atoms with Gasteiger partial charge in [0.25, 0.3) is 0 Å². The largest absolute Gasteiger partial charge is 0.476 e. The number of carbonyl (C=O) groups is 1. The molecule has 5 nitrogen and oxygen atoms in total. The summed E-state index contributed by atoms with van der Waals surface area (Å²) in [5.41, 5.74) is 5.48.